The van der Waals surface area contributed by atoms with Crippen molar-refractivity contribution < 1.29 is 13.0 Å². The van der Waals surface area contributed by atoms with Gasteiger partial charge in [0, 0.05) is 35.6 Å². The Hall–Kier alpha value is -2.29. The van der Waals surface area contributed by atoms with E-state index in [1.54, 1.807) is 18.0 Å². The lowest BCUT2D eigenvalue weighted by molar-refractivity contribution is 0.421. The van der Waals surface area contributed by atoms with E-state index in [1.165, 1.54) is 0 Å². The fourth-order valence-electron chi connectivity index (χ4n) is 4.00. The van der Waals surface area contributed by atoms with E-state index in [9.17, 15) is 13.0 Å². The van der Waals surface area contributed by atoms with Crippen LogP contribution in [0.1, 0.15) is 26.2 Å². The standard InChI is InChI=1S/C23H27N3O3S2/c1-2-3-15-25-16-8-14-24-23(25)22(31(27,28)29)13-17-26-18-9-4-6-11-20(18)30-21-12-7-5-10-19(21)26/h4-12,14,22H,2-3,13,15-17H2,1H3,(H,27,28,29). The molecule has 31 heavy (non-hydrogen) atoms. The predicted octanol–water partition coefficient (Wildman–Crippen LogP) is 4.96. The first-order valence-corrected chi connectivity index (χ1v) is 12.9. The lowest BCUT2D eigenvalue weighted by Gasteiger charge is -2.35. The van der Waals surface area contributed by atoms with E-state index in [-0.39, 0.29) is 6.42 Å². The lowest BCUT2D eigenvalue weighted by atomic mass is 10.1. The van der Waals surface area contributed by atoms with Crippen molar-refractivity contribution in [2.45, 2.75) is 41.2 Å². The maximum atomic E-state index is 12.4. The van der Waals surface area contributed by atoms with Crippen LogP contribution >= 0.6 is 11.8 Å². The zero-order valence-corrected chi connectivity index (χ0v) is 19.1. The second kappa shape index (κ2) is 9.46. The maximum absolute atomic E-state index is 12.4. The van der Waals surface area contributed by atoms with Crippen LogP contribution in [0.2, 0.25) is 0 Å². The van der Waals surface area contributed by atoms with E-state index in [0.717, 1.165) is 40.6 Å². The predicted molar refractivity (Wildman–Crippen MR) is 127 cm³/mol. The molecule has 0 saturated carbocycles. The first-order chi connectivity index (χ1) is 15.0. The highest BCUT2D eigenvalue weighted by Crippen LogP contribution is 2.47. The monoisotopic (exact) mass is 457 g/mol. The summed E-state index contributed by atoms with van der Waals surface area (Å²) < 4.78 is 34.9. The molecule has 0 fully saturated rings. The molecular weight excluding hydrogens is 430 g/mol. The number of unbranched alkanes of at least 4 members (excludes halogenated alkanes) is 1. The van der Waals surface area contributed by atoms with Gasteiger partial charge < -0.3 is 9.80 Å². The van der Waals surface area contributed by atoms with E-state index < -0.39 is 15.4 Å². The van der Waals surface area contributed by atoms with Crippen molar-refractivity contribution in [2.24, 2.45) is 4.99 Å². The number of nitrogens with zero attached hydrogens (tertiary/aromatic N) is 3. The Bertz CT molecular complexity index is 1050. The van der Waals surface area contributed by atoms with Crippen LogP contribution in [0.25, 0.3) is 0 Å². The molecule has 0 saturated heterocycles. The van der Waals surface area contributed by atoms with Crippen LogP contribution in [0.15, 0.2) is 75.6 Å². The molecule has 0 bridgehead atoms. The second-order valence-electron chi connectivity index (χ2n) is 7.65. The maximum Gasteiger partial charge on any atom is 0.275 e. The van der Waals surface area contributed by atoms with Gasteiger partial charge in [-0.3, -0.25) is 4.55 Å². The van der Waals surface area contributed by atoms with Crippen LogP contribution in [0.3, 0.4) is 0 Å². The molecule has 164 valence electrons. The zero-order chi connectivity index (χ0) is 21.8. The van der Waals surface area contributed by atoms with Crippen LogP contribution < -0.4 is 4.90 Å². The summed E-state index contributed by atoms with van der Waals surface area (Å²) in [5.41, 5.74) is 2.10. The second-order valence-corrected chi connectivity index (χ2v) is 10.3. The summed E-state index contributed by atoms with van der Waals surface area (Å²) in [4.78, 5) is 10.8. The SMILES string of the molecule is CCCCN1CC=CN=C1C(CCN1c2ccccc2Sc2ccccc21)S(=O)(=O)O. The Morgan fingerprint density at radius 1 is 1.06 bits per heavy atom. The normalized spacial score (nSPS) is 16.5. The zero-order valence-electron chi connectivity index (χ0n) is 17.5. The molecule has 1 atom stereocenters. The van der Waals surface area contributed by atoms with Gasteiger partial charge in [-0.1, -0.05) is 49.4 Å². The van der Waals surface area contributed by atoms with Gasteiger partial charge in [-0.2, -0.15) is 8.42 Å². The van der Waals surface area contributed by atoms with Crippen molar-refractivity contribution in [3.05, 3.63) is 60.8 Å². The highest BCUT2D eigenvalue weighted by Gasteiger charge is 2.34. The van der Waals surface area contributed by atoms with Crippen LogP contribution in [0.4, 0.5) is 11.4 Å². The smallest absolute Gasteiger partial charge is 0.275 e. The molecular formula is C23H27N3O3S2. The summed E-state index contributed by atoms with van der Waals surface area (Å²) in [5.74, 6) is 0.436. The number of hydrogen-bond donors (Lipinski definition) is 1. The summed E-state index contributed by atoms with van der Waals surface area (Å²) in [6, 6.07) is 16.2. The average Bonchev–Trinajstić information content (AvgIpc) is 2.77. The fraction of sp³-hybridized carbons (Fsp3) is 0.348. The molecule has 0 spiro atoms. The first-order valence-electron chi connectivity index (χ1n) is 10.6. The number of fused-ring (bicyclic) bond motifs is 2. The molecule has 0 aliphatic carbocycles. The Kier molecular flexibility index (Phi) is 6.69. The molecule has 1 unspecified atom stereocenters. The number of benzene rings is 2. The minimum atomic E-state index is -4.32. The number of hydrogen-bond acceptors (Lipinski definition) is 6. The number of rotatable bonds is 8. The van der Waals surface area contributed by atoms with Gasteiger partial charge in [-0.15, -0.1) is 0 Å². The molecule has 8 heteroatoms. The van der Waals surface area contributed by atoms with Crippen molar-refractivity contribution in [3.63, 3.8) is 0 Å². The van der Waals surface area contributed by atoms with E-state index in [2.05, 4.69) is 41.1 Å². The summed E-state index contributed by atoms with van der Waals surface area (Å²) in [6.07, 6.45) is 5.73. The number of amidine groups is 1. The van der Waals surface area contributed by atoms with Gasteiger partial charge >= 0.3 is 0 Å². The molecule has 0 amide bonds. The molecule has 2 aromatic rings. The van der Waals surface area contributed by atoms with Crippen molar-refractivity contribution in [2.75, 3.05) is 24.5 Å². The third-order valence-electron chi connectivity index (χ3n) is 5.54. The van der Waals surface area contributed by atoms with Gasteiger partial charge in [0.1, 0.15) is 11.1 Å². The Morgan fingerprint density at radius 2 is 1.71 bits per heavy atom. The molecule has 6 nitrogen and oxygen atoms in total. The summed E-state index contributed by atoms with van der Waals surface area (Å²) in [7, 11) is -4.32. The van der Waals surface area contributed by atoms with Crippen LogP contribution in [-0.4, -0.2) is 48.6 Å². The average molecular weight is 458 g/mol. The van der Waals surface area contributed by atoms with Crippen molar-refractivity contribution in [1.82, 2.24) is 4.90 Å². The van der Waals surface area contributed by atoms with E-state index >= 15 is 0 Å². The minimum Gasteiger partial charge on any atom is -0.355 e. The molecule has 4 rings (SSSR count). The Labute approximate surface area is 188 Å². The van der Waals surface area contributed by atoms with Gasteiger partial charge in [-0.25, -0.2) is 4.99 Å². The summed E-state index contributed by atoms with van der Waals surface area (Å²) >= 11 is 1.71. The number of anilines is 2. The largest absolute Gasteiger partial charge is 0.355 e. The highest BCUT2D eigenvalue weighted by molar-refractivity contribution is 7.99. The quantitative estimate of drug-likeness (QED) is 0.565. The lowest BCUT2D eigenvalue weighted by Crippen LogP contribution is -2.45. The molecule has 0 radical (unpaired) electrons. The van der Waals surface area contributed by atoms with Crippen LogP contribution in [0.5, 0.6) is 0 Å². The molecule has 2 aromatic carbocycles. The number of aliphatic imine (C=N–C) groups is 1. The highest BCUT2D eigenvalue weighted by atomic mass is 32.2. The van der Waals surface area contributed by atoms with Gasteiger partial charge in [0.15, 0.2) is 0 Å². The minimum absolute atomic E-state index is 0.238. The first kappa shape index (κ1) is 21.9. The van der Waals surface area contributed by atoms with Crippen LogP contribution in [0, 0.1) is 0 Å². The summed E-state index contributed by atoms with van der Waals surface area (Å²) in [5, 5.41) is -1.07. The van der Waals surface area contributed by atoms with Crippen molar-refractivity contribution in [3.8, 4) is 0 Å². The van der Waals surface area contributed by atoms with E-state index in [1.807, 2.05) is 35.2 Å². The Balaban J connectivity index is 1.63. The number of para-hydroxylation sites is 2. The van der Waals surface area contributed by atoms with Gasteiger partial charge in [0.05, 0.1) is 11.4 Å². The van der Waals surface area contributed by atoms with Crippen molar-refractivity contribution in [1.29, 1.82) is 0 Å². The van der Waals surface area contributed by atoms with E-state index in [0.29, 0.717) is 18.9 Å². The molecule has 1 N–H and O–H groups in total. The van der Waals surface area contributed by atoms with Gasteiger partial charge in [0.25, 0.3) is 10.1 Å². The molecule has 0 aromatic heterocycles. The molecule has 2 heterocycles. The van der Waals surface area contributed by atoms with Crippen molar-refractivity contribution >= 4 is 39.1 Å². The molecule has 2 aliphatic rings. The summed E-state index contributed by atoms with van der Waals surface area (Å²) in [6.45, 7) is 3.87. The topological polar surface area (TPSA) is 73.2 Å². The van der Waals surface area contributed by atoms with Crippen LogP contribution in [-0.2, 0) is 10.1 Å². The van der Waals surface area contributed by atoms with E-state index in [4.69, 9.17) is 0 Å². The third-order valence-corrected chi connectivity index (χ3v) is 7.83. The third kappa shape index (κ3) is 4.81. The Morgan fingerprint density at radius 3 is 2.32 bits per heavy atom. The van der Waals surface area contributed by atoms with Gasteiger partial charge in [0.2, 0.25) is 0 Å². The van der Waals surface area contributed by atoms with Gasteiger partial charge in [-0.05, 0) is 43.2 Å². The molecule has 2 aliphatic heterocycles. The fourth-order valence-corrected chi connectivity index (χ4v) is 5.98.